The first-order valence-electron chi connectivity index (χ1n) is 4.08. The van der Waals surface area contributed by atoms with Crippen molar-refractivity contribution in [3.05, 3.63) is 30.6 Å². The quantitative estimate of drug-likeness (QED) is 0.688. The van der Waals surface area contributed by atoms with Gasteiger partial charge in [-0.15, -0.1) is 0 Å². The second kappa shape index (κ2) is 3.47. The van der Waals surface area contributed by atoms with Gasteiger partial charge in [0.15, 0.2) is 0 Å². The predicted octanol–water partition coefficient (Wildman–Crippen LogP) is 1.16. The molecule has 0 aliphatic heterocycles. The SMILES string of the molecule is CONC(=O)n1cnc2ccccc21. The molecule has 0 aliphatic carbocycles. The molecule has 5 nitrogen and oxygen atoms in total. The predicted molar refractivity (Wildman–Crippen MR) is 50.7 cm³/mol. The van der Waals surface area contributed by atoms with E-state index in [0.717, 1.165) is 11.0 Å². The lowest BCUT2D eigenvalue weighted by Crippen LogP contribution is -2.26. The van der Waals surface area contributed by atoms with E-state index in [1.54, 1.807) is 0 Å². The molecule has 5 heteroatoms. The lowest BCUT2D eigenvalue weighted by Gasteiger charge is -2.02. The molecule has 1 aromatic heterocycles. The van der Waals surface area contributed by atoms with Gasteiger partial charge >= 0.3 is 6.03 Å². The molecule has 0 spiro atoms. The first-order valence-corrected chi connectivity index (χ1v) is 4.08. The highest BCUT2D eigenvalue weighted by Gasteiger charge is 2.07. The number of benzene rings is 1. The third-order valence-corrected chi connectivity index (χ3v) is 1.86. The summed E-state index contributed by atoms with van der Waals surface area (Å²) in [5.41, 5.74) is 3.75. The molecule has 72 valence electrons. The van der Waals surface area contributed by atoms with Gasteiger partial charge in [0.25, 0.3) is 0 Å². The van der Waals surface area contributed by atoms with Crippen molar-refractivity contribution in [2.45, 2.75) is 0 Å². The first-order chi connectivity index (χ1) is 6.83. The van der Waals surface area contributed by atoms with Gasteiger partial charge in [-0.2, -0.15) is 0 Å². The zero-order valence-electron chi connectivity index (χ0n) is 7.60. The van der Waals surface area contributed by atoms with E-state index >= 15 is 0 Å². The normalized spacial score (nSPS) is 10.4. The summed E-state index contributed by atoms with van der Waals surface area (Å²) >= 11 is 0. The highest BCUT2D eigenvalue weighted by molar-refractivity contribution is 5.88. The largest absolute Gasteiger partial charge is 0.351 e. The van der Waals surface area contributed by atoms with E-state index in [0.29, 0.717) is 0 Å². The van der Waals surface area contributed by atoms with Crippen LogP contribution < -0.4 is 5.48 Å². The number of fused-ring (bicyclic) bond motifs is 1. The number of carbonyl (C=O) groups excluding carboxylic acids is 1. The molecule has 2 rings (SSSR count). The van der Waals surface area contributed by atoms with Crippen LogP contribution in [0.15, 0.2) is 30.6 Å². The van der Waals surface area contributed by atoms with E-state index in [1.165, 1.54) is 18.0 Å². The number of nitrogens with one attached hydrogen (secondary N) is 1. The Morgan fingerprint density at radius 1 is 1.50 bits per heavy atom. The summed E-state index contributed by atoms with van der Waals surface area (Å²) in [5.74, 6) is 0. The molecule has 0 radical (unpaired) electrons. The van der Waals surface area contributed by atoms with E-state index in [2.05, 4.69) is 15.3 Å². The van der Waals surface area contributed by atoms with E-state index in [9.17, 15) is 4.79 Å². The van der Waals surface area contributed by atoms with Crippen LogP contribution in [0.2, 0.25) is 0 Å². The van der Waals surface area contributed by atoms with Gasteiger partial charge < -0.3 is 0 Å². The number of amides is 1. The van der Waals surface area contributed by atoms with Gasteiger partial charge in [0.05, 0.1) is 18.1 Å². The van der Waals surface area contributed by atoms with Gasteiger partial charge in [0, 0.05) is 0 Å². The minimum Gasteiger partial charge on any atom is -0.275 e. The maximum absolute atomic E-state index is 11.4. The second-order valence-electron chi connectivity index (χ2n) is 2.71. The van der Waals surface area contributed by atoms with Crippen molar-refractivity contribution >= 4 is 17.1 Å². The molecule has 0 atom stereocenters. The van der Waals surface area contributed by atoms with Crippen LogP contribution in [0, 0.1) is 0 Å². The Labute approximate surface area is 80.3 Å². The molecule has 1 amide bonds. The summed E-state index contributed by atoms with van der Waals surface area (Å²) < 4.78 is 1.39. The topological polar surface area (TPSA) is 56.1 Å². The Hall–Kier alpha value is -1.88. The van der Waals surface area contributed by atoms with E-state index in [4.69, 9.17) is 0 Å². The third-order valence-electron chi connectivity index (χ3n) is 1.86. The number of aromatic nitrogens is 2. The summed E-state index contributed by atoms with van der Waals surface area (Å²) in [5, 5.41) is 0. The molecular formula is C9H9N3O2. The fourth-order valence-electron chi connectivity index (χ4n) is 1.26. The fraction of sp³-hybridized carbons (Fsp3) is 0.111. The Morgan fingerprint density at radius 3 is 3.07 bits per heavy atom. The molecule has 0 fully saturated rings. The number of carbonyl (C=O) groups is 1. The third kappa shape index (κ3) is 1.33. The van der Waals surface area contributed by atoms with Gasteiger partial charge in [0.1, 0.15) is 6.33 Å². The van der Waals surface area contributed by atoms with Crippen LogP contribution >= 0.6 is 0 Å². The number of nitrogens with zero attached hydrogens (tertiary/aromatic N) is 2. The second-order valence-corrected chi connectivity index (χ2v) is 2.71. The van der Waals surface area contributed by atoms with Crippen molar-refractivity contribution in [2.24, 2.45) is 0 Å². The fourth-order valence-corrected chi connectivity index (χ4v) is 1.26. The van der Waals surface area contributed by atoms with Crippen molar-refractivity contribution in [3.63, 3.8) is 0 Å². The maximum Gasteiger partial charge on any atom is 0.351 e. The summed E-state index contributed by atoms with van der Waals surface area (Å²) in [6, 6.07) is 7.01. The smallest absolute Gasteiger partial charge is 0.275 e. The van der Waals surface area contributed by atoms with Crippen LogP contribution in [0.5, 0.6) is 0 Å². The number of hydroxylamine groups is 1. The van der Waals surface area contributed by atoms with E-state index in [-0.39, 0.29) is 6.03 Å². The van der Waals surface area contributed by atoms with Crippen LogP contribution in [-0.2, 0) is 4.84 Å². The summed E-state index contributed by atoms with van der Waals surface area (Å²) in [6.07, 6.45) is 1.46. The summed E-state index contributed by atoms with van der Waals surface area (Å²) in [7, 11) is 1.39. The molecule has 1 heterocycles. The van der Waals surface area contributed by atoms with Crippen molar-refractivity contribution in [1.82, 2.24) is 15.0 Å². The number of hydrogen-bond acceptors (Lipinski definition) is 3. The number of imidazole rings is 1. The molecule has 2 aromatic rings. The minimum atomic E-state index is -0.360. The highest BCUT2D eigenvalue weighted by Crippen LogP contribution is 2.10. The Morgan fingerprint density at radius 2 is 2.29 bits per heavy atom. The van der Waals surface area contributed by atoms with Crippen LogP contribution in [0.1, 0.15) is 0 Å². The molecule has 1 N–H and O–H groups in total. The maximum atomic E-state index is 11.4. The Kier molecular flexibility index (Phi) is 2.16. The summed E-state index contributed by atoms with van der Waals surface area (Å²) in [6.45, 7) is 0. The molecule has 1 aromatic carbocycles. The Bertz CT molecular complexity index is 464. The Balaban J connectivity index is 2.47. The molecule has 14 heavy (non-hydrogen) atoms. The summed E-state index contributed by atoms with van der Waals surface area (Å²) in [4.78, 5) is 20.0. The van der Waals surface area contributed by atoms with Gasteiger partial charge in [-0.25, -0.2) is 19.8 Å². The van der Waals surface area contributed by atoms with E-state index in [1.807, 2.05) is 24.3 Å². The number of rotatable bonds is 1. The lowest BCUT2D eigenvalue weighted by molar-refractivity contribution is 0.108. The van der Waals surface area contributed by atoms with Crippen molar-refractivity contribution in [3.8, 4) is 0 Å². The minimum absolute atomic E-state index is 0.360. The first kappa shape index (κ1) is 8.71. The number of hydrogen-bond donors (Lipinski definition) is 1. The molecule has 0 aliphatic rings. The van der Waals surface area contributed by atoms with Crippen molar-refractivity contribution in [2.75, 3.05) is 7.11 Å². The van der Waals surface area contributed by atoms with Gasteiger partial charge in [-0.3, -0.25) is 4.84 Å². The van der Waals surface area contributed by atoms with Crippen LogP contribution in [0.25, 0.3) is 11.0 Å². The van der Waals surface area contributed by atoms with Crippen LogP contribution in [0.3, 0.4) is 0 Å². The zero-order chi connectivity index (χ0) is 9.97. The monoisotopic (exact) mass is 191 g/mol. The average Bonchev–Trinajstić information content (AvgIpc) is 2.61. The lowest BCUT2D eigenvalue weighted by atomic mass is 10.3. The van der Waals surface area contributed by atoms with Crippen molar-refractivity contribution < 1.29 is 9.63 Å². The van der Waals surface area contributed by atoms with E-state index < -0.39 is 0 Å². The zero-order valence-corrected chi connectivity index (χ0v) is 7.60. The van der Waals surface area contributed by atoms with Gasteiger partial charge in [-0.1, -0.05) is 12.1 Å². The van der Waals surface area contributed by atoms with Gasteiger partial charge in [-0.05, 0) is 12.1 Å². The number of para-hydroxylation sites is 2. The molecule has 0 saturated carbocycles. The average molecular weight is 191 g/mol. The van der Waals surface area contributed by atoms with Crippen LogP contribution in [-0.4, -0.2) is 22.7 Å². The molecule has 0 saturated heterocycles. The van der Waals surface area contributed by atoms with Gasteiger partial charge in [0.2, 0.25) is 0 Å². The molecule has 0 unspecified atom stereocenters. The van der Waals surface area contributed by atoms with Crippen LogP contribution in [0.4, 0.5) is 4.79 Å². The molecule has 0 bridgehead atoms. The highest BCUT2D eigenvalue weighted by atomic mass is 16.6. The standard InChI is InChI=1S/C9H9N3O2/c1-14-11-9(13)12-6-10-7-4-2-3-5-8(7)12/h2-6H,1H3,(H,11,13). The molecular weight excluding hydrogens is 182 g/mol. The van der Waals surface area contributed by atoms with Crippen molar-refractivity contribution in [1.29, 1.82) is 0 Å².